The summed E-state index contributed by atoms with van der Waals surface area (Å²) >= 11 is 5.94. The summed E-state index contributed by atoms with van der Waals surface area (Å²) in [4.78, 5) is 25.3. The molecule has 0 spiro atoms. The summed E-state index contributed by atoms with van der Waals surface area (Å²) in [6.07, 6.45) is 0. The highest BCUT2D eigenvalue weighted by Crippen LogP contribution is 2.40. The molecule has 2 rings (SSSR count). The minimum Gasteiger partial charge on any atom is -0.500 e. The van der Waals surface area contributed by atoms with Crippen molar-refractivity contribution in [3.8, 4) is 5.75 Å². The molecule has 21 heavy (non-hydrogen) atoms. The number of pyridine rings is 1. The number of hydrogen-bond donors (Lipinski definition) is 2. The van der Waals surface area contributed by atoms with Gasteiger partial charge in [-0.1, -0.05) is 20.8 Å². The van der Waals surface area contributed by atoms with Gasteiger partial charge >= 0.3 is 11.8 Å². The number of fused-ring (bicyclic) bond motifs is 1. The van der Waals surface area contributed by atoms with E-state index in [0.29, 0.717) is 5.69 Å². The Morgan fingerprint density at radius 2 is 2.10 bits per heavy atom. The molecule has 0 saturated heterocycles. The number of halogens is 1. The average molecular weight is 313 g/mol. The number of amides is 1. The molecule has 0 atom stereocenters. The lowest BCUT2D eigenvalue weighted by Gasteiger charge is -2.19. The van der Waals surface area contributed by atoms with Crippen molar-refractivity contribution in [3.05, 3.63) is 27.0 Å². The molecule has 0 radical (unpaired) electrons. The van der Waals surface area contributed by atoms with E-state index in [1.54, 1.807) is 0 Å². The largest absolute Gasteiger partial charge is 0.500 e. The molecule has 0 aromatic carbocycles. The van der Waals surface area contributed by atoms with Gasteiger partial charge < -0.3 is 21.0 Å². The van der Waals surface area contributed by atoms with Crippen LogP contribution in [0.25, 0.3) is 10.9 Å². The number of primary amides is 1. The van der Waals surface area contributed by atoms with Crippen molar-refractivity contribution in [2.75, 3.05) is 0 Å². The van der Waals surface area contributed by atoms with Crippen LogP contribution < -0.4 is 5.73 Å². The topological polar surface area (TPSA) is 124 Å². The van der Waals surface area contributed by atoms with Gasteiger partial charge in [-0.2, -0.15) is 0 Å². The third-order valence-electron chi connectivity index (χ3n) is 3.03. The maximum absolute atomic E-state index is 11.7. The van der Waals surface area contributed by atoms with Crippen LogP contribution >= 0.6 is 11.6 Å². The van der Waals surface area contributed by atoms with Gasteiger partial charge in [-0.05, 0) is 27.6 Å². The smallest absolute Gasteiger partial charge is 0.408 e. The molecule has 1 amide bonds. The maximum Gasteiger partial charge on any atom is 0.408 e. The second-order valence-corrected chi connectivity index (χ2v) is 5.91. The second-order valence-electron chi connectivity index (χ2n) is 5.55. The molecule has 2 aromatic rings. The Morgan fingerprint density at radius 1 is 1.52 bits per heavy atom. The van der Waals surface area contributed by atoms with Gasteiger partial charge in [0.25, 0.3) is 5.15 Å². The van der Waals surface area contributed by atoms with Crippen LogP contribution in [0, 0.1) is 10.1 Å². The van der Waals surface area contributed by atoms with E-state index in [0.717, 1.165) is 4.57 Å². The third-order valence-corrected chi connectivity index (χ3v) is 3.29. The first-order valence-electron chi connectivity index (χ1n) is 5.94. The summed E-state index contributed by atoms with van der Waals surface area (Å²) in [5, 5.41) is 20.7. The fraction of sp³-hybridized carbons (Fsp3) is 0.333. The fourth-order valence-electron chi connectivity index (χ4n) is 2.12. The van der Waals surface area contributed by atoms with E-state index in [2.05, 4.69) is 4.98 Å². The molecule has 2 aromatic heterocycles. The molecule has 9 heteroatoms. The highest BCUT2D eigenvalue weighted by Gasteiger charge is 2.31. The number of nitrogens with zero attached hydrogens (tertiary/aromatic N) is 3. The standard InChI is InChI=1S/C12H13ClN4O4/c1-12(2,3)6-4-5-7(16(6)11(14)19)9(13)15-10(8(5)18)17(20)21/h4,18H,1-3H3,(H2,14,19). The predicted octanol–water partition coefficient (Wildman–Crippen LogP) is 2.53. The van der Waals surface area contributed by atoms with Gasteiger partial charge in [0.2, 0.25) is 5.75 Å². The molecule has 0 aliphatic carbocycles. The van der Waals surface area contributed by atoms with E-state index in [1.807, 2.05) is 20.8 Å². The Balaban J connectivity index is 3.02. The molecule has 0 unspecified atom stereocenters. The molecule has 0 fully saturated rings. The van der Waals surface area contributed by atoms with E-state index in [4.69, 9.17) is 17.3 Å². The summed E-state index contributed by atoms with van der Waals surface area (Å²) in [6.45, 7) is 5.48. The monoisotopic (exact) mass is 312 g/mol. The van der Waals surface area contributed by atoms with Crippen molar-refractivity contribution in [1.82, 2.24) is 9.55 Å². The van der Waals surface area contributed by atoms with Gasteiger partial charge in [0.15, 0.2) is 0 Å². The summed E-state index contributed by atoms with van der Waals surface area (Å²) in [6, 6.07) is 0.641. The quantitative estimate of drug-likeness (QED) is 0.475. The zero-order valence-corrected chi connectivity index (χ0v) is 12.3. The van der Waals surface area contributed by atoms with Crippen molar-refractivity contribution in [3.63, 3.8) is 0 Å². The fourth-order valence-corrected chi connectivity index (χ4v) is 2.39. The normalized spacial score (nSPS) is 11.8. The highest BCUT2D eigenvalue weighted by molar-refractivity contribution is 6.34. The number of hydrogen-bond acceptors (Lipinski definition) is 5. The number of nitro groups is 1. The van der Waals surface area contributed by atoms with Crippen LogP contribution in [-0.2, 0) is 5.41 Å². The zero-order valence-electron chi connectivity index (χ0n) is 11.5. The summed E-state index contributed by atoms with van der Waals surface area (Å²) in [5.41, 5.74) is 5.37. The summed E-state index contributed by atoms with van der Waals surface area (Å²) < 4.78 is 1.11. The van der Waals surface area contributed by atoms with E-state index >= 15 is 0 Å². The van der Waals surface area contributed by atoms with Crippen LogP contribution in [0.5, 0.6) is 5.75 Å². The van der Waals surface area contributed by atoms with Gasteiger partial charge in [-0.3, -0.25) is 4.57 Å². The van der Waals surface area contributed by atoms with Gasteiger partial charge in [-0.25, -0.2) is 4.79 Å². The Morgan fingerprint density at radius 3 is 2.52 bits per heavy atom. The first-order valence-corrected chi connectivity index (χ1v) is 6.32. The number of carbonyl (C=O) groups excluding carboxylic acids is 1. The number of aromatic nitrogens is 2. The van der Waals surface area contributed by atoms with Crippen molar-refractivity contribution in [1.29, 1.82) is 0 Å². The van der Waals surface area contributed by atoms with E-state index < -0.39 is 27.9 Å². The lowest BCUT2D eigenvalue weighted by molar-refractivity contribution is -0.390. The second kappa shape index (κ2) is 4.59. The maximum atomic E-state index is 11.7. The molecule has 0 aliphatic heterocycles. The van der Waals surface area contributed by atoms with Crippen LogP contribution in [-0.4, -0.2) is 25.6 Å². The van der Waals surface area contributed by atoms with Gasteiger partial charge in [0, 0.05) is 11.1 Å². The molecule has 0 aliphatic rings. The first-order chi connectivity index (χ1) is 9.55. The lowest BCUT2D eigenvalue weighted by Crippen LogP contribution is -2.27. The van der Waals surface area contributed by atoms with Gasteiger partial charge in [-0.15, -0.1) is 0 Å². The van der Waals surface area contributed by atoms with Crippen molar-refractivity contribution in [2.45, 2.75) is 26.2 Å². The molecule has 112 valence electrons. The number of nitrogens with two attached hydrogens (primary N) is 1. The number of rotatable bonds is 1. The van der Waals surface area contributed by atoms with E-state index in [-0.39, 0.29) is 16.1 Å². The van der Waals surface area contributed by atoms with Crippen LogP contribution in [0.2, 0.25) is 5.15 Å². The highest BCUT2D eigenvalue weighted by atomic mass is 35.5. The van der Waals surface area contributed by atoms with Gasteiger partial charge in [0.05, 0.1) is 5.39 Å². The lowest BCUT2D eigenvalue weighted by atomic mass is 9.92. The number of carbonyl (C=O) groups is 1. The third kappa shape index (κ3) is 2.27. The first kappa shape index (κ1) is 15.0. The Bertz CT molecular complexity index is 776. The van der Waals surface area contributed by atoms with E-state index in [9.17, 15) is 20.0 Å². The summed E-state index contributed by atoms with van der Waals surface area (Å²) in [7, 11) is 0. The van der Waals surface area contributed by atoms with Crippen LogP contribution in [0.4, 0.5) is 10.6 Å². The minimum atomic E-state index is -0.848. The van der Waals surface area contributed by atoms with Crippen LogP contribution in [0.15, 0.2) is 6.07 Å². The number of aromatic hydroxyl groups is 1. The van der Waals surface area contributed by atoms with Gasteiger partial charge in [0.1, 0.15) is 5.52 Å². The molecule has 0 bridgehead atoms. The van der Waals surface area contributed by atoms with Crippen LogP contribution in [0.1, 0.15) is 26.5 Å². The molecule has 2 heterocycles. The minimum absolute atomic E-state index is 0.0530. The van der Waals surface area contributed by atoms with E-state index in [1.165, 1.54) is 6.07 Å². The summed E-state index contributed by atoms with van der Waals surface area (Å²) in [5.74, 6) is -1.42. The molecular formula is C12H13ClN4O4. The van der Waals surface area contributed by atoms with Crippen molar-refractivity contribution in [2.24, 2.45) is 5.73 Å². The van der Waals surface area contributed by atoms with Crippen LogP contribution in [0.3, 0.4) is 0 Å². The molecule has 3 N–H and O–H groups in total. The Kier molecular flexibility index (Phi) is 3.29. The van der Waals surface area contributed by atoms with Crippen molar-refractivity contribution < 1.29 is 14.8 Å². The zero-order chi connectivity index (χ0) is 16.1. The van der Waals surface area contributed by atoms with Crippen molar-refractivity contribution >= 4 is 34.4 Å². The average Bonchev–Trinajstić information content (AvgIpc) is 2.74. The Hall–Kier alpha value is -2.35. The molecular weight excluding hydrogens is 300 g/mol. The Labute approximate surface area is 124 Å². The SMILES string of the molecule is CC(C)(C)c1cc2c(O)c([N+](=O)[O-])nc(Cl)c2n1C(N)=O. The molecule has 8 nitrogen and oxygen atoms in total. The molecule has 0 saturated carbocycles. The predicted molar refractivity (Wildman–Crippen MR) is 76.7 cm³/mol.